The predicted octanol–water partition coefficient (Wildman–Crippen LogP) is -1.05. The van der Waals surface area contributed by atoms with Crippen molar-refractivity contribution < 1.29 is 8.42 Å². The largest absolute Gasteiger partial charge is 0.310 e. The average molecular weight is 218 g/mol. The van der Waals surface area contributed by atoms with Gasteiger partial charge in [-0.2, -0.15) is 0 Å². The van der Waals surface area contributed by atoms with Gasteiger partial charge in [-0.1, -0.05) is 5.21 Å². The highest BCUT2D eigenvalue weighted by Gasteiger charge is 2.02. The third kappa shape index (κ3) is 3.84. The summed E-state index contributed by atoms with van der Waals surface area (Å²) in [6.45, 7) is 1.03. The van der Waals surface area contributed by atoms with Crippen LogP contribution in [-0.2, 0) is 23.4 Å². The minimum absolute atomic E-state index is 0.151. The van der Waals surface area contributed by atoms with Gasteiger partial charge in [-0.25, -0.2) is 8.42 Å². The number of aryl methyl sites for hydroxylation is 1. The molecule has 0 unspecified atom stereocenters. The van der Waals surface area contributed by atoms with E-state index in [1.165, 1.54) is 6.26 Å². The minimum Gasteiger partial charge on any atom is -0.310 e. The van der Waals surface area contributed by atoms with E-state index in [0.717, 1.165) is 5.69 Å². The first kappa shape index (κ1) is 11.1. The zero-order valence-corrected chi connectivity index (χ0v) is 9.08. The number of nitrogens with zero attached hydrogens (tertiary/aromatic N) is 3. The standard InChI is InChI=1S/C7H14N4O2S/c1-11-7(6-9-10-11)5-8-3-4-14(2,12)13/h6,8H,3-5H2,1-2H3. The van der Waals surface area contributed by atoms with Crippen molar-refractivity contribution >= 4 is 9.84 Å². The first-order chi connectivity index (χ1) is 6.49. The smallest absolute Gasteiger partial charge is 0.148 e. The van der Waals surface area contributed by atoms with Gasteiger partial charge < -0.3 is 5.32 Å². The van der Waals surface area contributed by atoms with Crippen LogP contribution in [0.3, 0.4) is 0 Å². The first-order valence-corrected chi connectivity index (χ1v) is 6.27. The van der Waals surface area contributed by atoms with Crippen LogP contribution < -0.4 is 5.32 Å². The van der Waals surface area contributed by atoms with Gasteiger partial charge in [0.1, 0.15) is 9.84 Å². The average Bonchev–Trinajstić information content (AvgIpc) is 2.44. The predicted molar refractivity (Wildman–Crippen MR) is 52.4 cm³/mol. The second-order valence-electron chi connectivity index (χ2n) is 3.16. The third-order valence-corrected chi connectivity index (χ3v) is 2.71. The van der Waals surface area contributed by atoms with Gasteiger partial charge in [-0.3, -0.25) is 4.68 Å². The Morgan fingerprint density at radius 1 is 1.57 bits per heavy atom. The molecule has 0 amide bonds. The maximum Gasteiger partial charge on any atom is 0.148 e. The summed E-state index contributed by atoms with van der Waals surface area (Å²) >= 11 is 0. The normalized spacial score (nSPS) is 11.9. The molecule has 1 rings (SSSR count). The van der Waals surface area contributed by atoms with E-state index >= 15 is 0 Å². The summed E-state index contributed by atoms with van der Waals surface area (Å²) in [6, 6.07) is 0. The fourth-order valence-corrected chi connectivity index (χ4v) is 1.46. The van der Waals surface area contributed by atoms with E-state index in [2.05, 4.69) is 15.6 Å². The van der Waals surface area contributed by atoms with Crippen LogP contribution in [0.25, 0.3) is 0 Å². The Morgan fingerprint density at radius 2 is 2.29 bits per heavy atom. The fourth-order valence-electron chi connectivity index (χ4n) is 0.945. The fraction of sp³-hybridized carbons (Fsp3) is 0.714. The summed E-state index contributed by atoms with van der Waals surface area (Å²) in [5.41, 5.74) is 0.929. The highest BCUT2D eigenvalue weighted by Crippen LogP contribution is 1.91. The lowest BCUT2D eigenvalue weighted by molar-refractivity contribution is 0.592. The Kier molecular flexibility index (Phi) is 3.59. The molecule has 1 N–H and O–H groups in total. The Bertz CT molecular complexity index is 384. The molecule has 0 atom stereocenters. The van der Waals surface area contributed by atoms with Crippen LogP contribution in [0.5, 0.6) is 0 Å². The van der Waals surface area contributed by atoms with Gasteiger partial charge >= 0.3 is 0 Å². The number of aromatic nitrogens is 3. The quantitative estimate of drug-likeness (QED) is 0.638. The highest BCUT2D eigenvalue weighted by atomic mass is 32.2. The number of hydrogen-bond donors (Lipinski definition) is 1. The molecule has 80 valence electrons. The molecule has 0 aliphatic heterocycles. The van der Waals surface area contributed by atoms with Gasteiger partial charge in [0.25, 0.3) is 0 Å². The highest BCUT2D eigenvalue weighted by molar-refractivity contribution is 7.90. The molecule has 0 saturated heterocycles. The summed E-state index contributed by atoms with van der Waals surface area (Å²) in [5.74, 6) is 0.151. The van der Waals surface area contributed by atoms with Gasteiger partial charge in [0.15, 0.2) is 0 Å². The van der Waals surface area contributed by atoms with Crippen LogP contribution in [0.4, 0.5) is 0 Å². The molecular formula is C7H14N4O2S. The molecule has 1 heterocycles. The van der Waals surface area contributed by atoms with Crippen LogP contribution in [0.1, 0.15) is 5.69 Å². The summed E-state index contributed by atoms with van der Waals surface area (Å²) < 4.78 is 23.2. The third-order valence-electron chi connectivity index (χ3n) is 1.76. The van der Waals surface area contributed by atoms with Crippen molar-refractivity contribution in [2.45, 2.75) is 6.54 Å². The van der Waals surface area contributed by atoms with Gasteiger partial charge in [0.2, 0.25) is 0 Å². The summed E-state index contributed by atoms with van der Waals surface area (Å²) in [4.78, 5) is 0. The molecule has 6 nitrogen and oxygen atoms in total. The second-order valence-corrected chi connectivity index (χ2v) is 5.42. The lowest BCUT2D eigenvalue weighted by atomic mass is 10.4. The molecular weight excluding hydrogens is 204 g/mol. The lowest BCUT2D eigenvalue weighted by Crippen LogP contribution is -2.23. The van der Waals surface area contributed by atoms with Crippen molar-refractivity contribution in [1.82, 2.24) is 20.3 Å². The molecule has 1 aromatic rings. The maximum absolute atomic E-state index is 10.8. The Morgan fingerprint density at radius 3 is 2.79 bits per heavy atom. The monoisotopic (exact) mass is 218 g/mol. The molecule has 0 aromatic carbocycles. The van der Waals surface area contributed by atoms with Crippen LogP contribution in [0.2, 0.25) is 0 Å². The van der Waals surface area contributed by atoms with E-state index < -0.39 is 9.84 Å². The number of rotatable bonds is 5. The Balaban J connectivity index is 2.26. The second kappa shape index (κ2) is 4.52. The number of nitrogens with one attached hydrogen (secondary N) is 1. The van der Waals surface area contributed by atoms with Gasteiger partial charge in [-0.05, 0) is 0 Å². The van der Waals surface area contributed by atoms with Gasteiger partial charge in [0, 0.05) is 26.4 Å². The van der Waals surface area contributed by atoms with Crippen molar-refractivity contribution in [2.75, 3.05) is 18.6 Å². The van der Waals surface area contributed by atoms with Crippen LogP contribution >= 0.6 is 0 Å². The van der Waals surface area contributed by atoms with Crippen LogP contribution in [0, 0.1) is 0 Å². The van der Waals surface area contributed by atoms with Crippen molar-refractivity contribution in [3.63, 3.8) is 0 Å². The van der Waals surface area contributed by atoms with Crippen LogP contribution in [-0.4, -0.2) is 42.0 Å². The molecule has 14 heavy (non-hydrogen) atoms. The van der Waals surface area contributed by atoms with Gasteiger partial charge in [0.05, 0.1) is 17.6 Å². The lowest BCUT2D eigenvalue weighted by Gasteiger charge is -2.02. The molecule has 0 fully saturated rings. The molecule has 0 bridgehead atoms. The first-order valence-electron chi connectivity index (χ1n) is 4.21. The number of sulfone groups is 1. The number of hydrogen-bond acceptors (Lipinski definition) is 5. The Labute approximate surface area is 83.2 Å². The van der Waals surface area contributed by atoms with Crippen LogP contribution in [0.15, 0.2) is 6.20 Å². The zero-order chi connectivity index (χ0) is 10.6. The van der Waals surface area contributed by atoms with Crippen molar-refractivity contribution in [1.29, 1.82) is 0 Å². The van der Waals surface area contributed by atoms with E-state index in [-0.39, 0.29) is 5.75 Å². The molecule has 0 saturated carbocycles. The van der Waals surface area contributed by atoms with E-state index in [1.807, 2.05) is 0 Å². The minimum atomic E-state index is -2.88. The van der Waals surface area contributed by atoms with E-state index in [9.17, 15) is 8.42 Å². The van der Waals surface area contributed by atoms with E-state index in [1.54, 1.807) is 17.9 Å². The van der Waals surface area contributed by atoms with Gasteiger partial charge in [-0.15, -0.1) is 5.10 Å². The van der Waals surface area contributed by atoms with Crippen molar-refractivity contribution in [3.05, 3.63) is 11.9 Å². The topological polar surface area (TPSA) is 76.9 Å². The molecule has 0 aliphatic rings. The zero-order valence-electron chi connectivity index (χ0n) is 8.27. The summed E-state index contributed by atoms with van der Waals surface area (Å²) in [7, 11) is -1.08. The van der Waals surface area contributed by atoms with Crippen molar-refractivity contribution in [3.8, 4) is 0 Å². The molecule has 0 aliphatic carbocycles. The van der Waals surface area contributed by atoms with E-state index in [0.29, 0.717) is 13.1 Å². The molecule has 0 spiro atoms. The molecule has 1 aromatic heterocycles. The SMILES string of the molecule is Cn1nncc1CNCCS(C)(=O)=O. The Hall–Kier alpha value is -0.950. The van der Waals surface area contributed by atoms with Crippen molar-refractivity contribution in [2.24, 2.45) is 7.05 Å². The molecule has 0 radical (unpaired) electrons. The van der Waals surface area contributed by atoms with E-state index in [4.69, 9.17) is 0 Å². The summed E-state index contributed by atoms with van der Waals surface area (Å²) in [6.07, 6.45) is 2.87. The summed E-state index contributed by atoms with van der Waals surface area (Å²) in [5, 5.41) is 10.5. The maximum atomic E-state index is 10.8. The molecule has 7 heteroatoms.